The molecule has 3 aliphatic rings. The molecule has 2 amide bonds. The summed E-state index contributed by atoms with van der Waals surface area (Å²) in [5.74, 6) is 0.213. The molecule has 0 unspecified atom stereocenters. The number of likely N-dealkylation sites (tertiary alicyclic amines) is 2. The summed E-state index contributed by atoms with van der Waals surface area (Å²) in [7, 11) is 0. The first-order valence-electron chi connectivity index (χ1n) is 13.0. The third-order valence-electron chi connectivity index (χ3n) is 7.78. The van der Waals surface area contributed by atoms with Crippen molar-refractivity contribution in [2.75, 3.05) is 32.7 Å². The maximum atomic E-state index is 14.2. The highest BCUT2D eigenvalue weighted by atomic mass is 32.1. The van der Waals surface area contributed by atoms with Gasteiger partial charge in [0.1, 0.15) is 0 Å². The zero-order valence-electron chi connectivity index (χ0n) is 20.5. The van der Waals surface area contributed by atoms with Gasteiger partial charge in [0, 0.05) is 36.1 Å². The van der Waals surface area contributed by atoms with Crippen molar-refractivity contribution in [1.82, 2.24) is 14.7 Å². The summed E-state index contributed by atoms with van der Waals surface area (Å²) in [6, 6.07) is 12.3. The molecule has 2 atom stereocenters. The monoisotopic (exact) mass is 479 g/mol. The van der Waals surface area contributed by atoms with E-state index in [4.69, 9.17) is 0 Å². The predicted molar refractivity (Wildman–Crippen MR) is 137 cm³/mol. The Hall–Kier alpha value is -2.18. The number of benzene rings is 1. The van der Waals surface area contributed by atoms with Crippen molar-refractivity contribution >= 4 is 23.2 Å². The molecule has 2 saturated heterocycles. The summed E-state index contributed by atoms with van der Waals surface area (Å²) < 4.78 is 0. The molecule has 0 spiro atoms. The predicted octanol–water partition coefficient (Wildman–Crippen LogP) is 5.16. The van der Waals surface area contributed by atoms with Crippen LogP contribution in [-0.4, -0.2) is 65.3 Å². The van der Waals surface area contributed by atoms with Crippen LogP contribution in [0.15, 0.2) is 41.8 Å². The Kier molecular flexibility index (Phi) is 7.07. The summed E-state index contributed by atoms with van der Waals surface area (Å²) >= 11 is 1.65. The van der Waals surface area contributed by atoms with Gasteiger partial charge in [-0.25, -0.2) is 0 Å². The lowest BCUT2D eigenvalue weighted by atomic mass is 9.80. The fourth-order valence-electron chi connectivity index (χ4n) is 6.16. The molecule has 1 aromatic heterocycles. The van der Waals surface area contributed by atoms with Crippen LogP contribution in [-0.2, 0) is 4.79 Å². The molecule has 182 valence electrons. The van der Waals surface area contributed by atoms with Crippen molar-refractivity contribution in [1.29, 1.82) is 0 Å². The average molecular weight is 480 g/mol. The molecule has 0 saturated carbocycles. The van der Waals surface area contributed by atoms with Crippen LogP contribution in [0.3, 0.4) is 0 Å². The number of carbonyl (C=O) groups is 2. The number of piperidine rings is 2. The number of hydrogen-bond donors (Lipinski definition) is 0. The fourth-order valence-corrected chi connectivity index (χ4v) is 7.04. The maximum Gasteiger partial charge on any atom is 0.254 e. The van der Waals surface area contributed by atoms with E-state index < -0.39 is 0 Å². The molecule has 4 heterocycles. The number of nitrogens with zero attached hydrogens (tertiary/aromatic N) is 3. The highest BCUT2D eigenvalue weighted by molar-refractivity contribution is 7.10. The molecule has 0 bridgehead atoms. The average Bonchev–Trinajstić information content (AvgIpc) is 3.40. The van der Waals surface area contributed by atoms with E-state index in [9.17, 15) is 9.59 Å². The van der Waals surface area contributed by atoms with Gasteiger partial charge in [-0.15, -0.1) is 11.3 Å². The quantitative estimate of drug-likeness (QED) is 0.595. The van der Waals surface area contributed by atoms with Gasteiger partial charge in [0.25, 0.3) is 5.91 Å². The topological polar surface area (TPSA) is 43.9 Å². The van der Waals surface area contributed by atoms with E-state index in [-0.39, 0.29) is 23.8 Å². The first-order chi connectivity index (χ1) is 16.5. The molecular formula is C28H37N3O2S. The van der Waals surface area contributed by atoms with Crippen LogP contribution in [0, 0.1) is 5.92 Å². The van der Waals surface area contributed by atoms with Crippen LogP contribution in [0.1, 0.15) is 78.7 Å². The smallest absolute Gasteiger partial charge is 0.254 e. The van der Waals surface area contributed by atoms with E-state index in [1.165, 1.54) is 32.4 Å². The first kappa shape index (κ1) is 23.6. The number of thiophene rings is 1. The Morgan fingerprint density at radius 2 is 1.74 bits per heavy atom. The van der Waals surface area contributed by atoms with E-state index in [0.717, 1.165) is 36.4 Å². The Morgan fingerprint density at radius 3 is 2.41 bits per heavy atom. The van der Waals surface area contributed by atoms with Crippen LogP contribution in [0.2, 0.25) is 0 Å². The van der Waals surface area contributed by atoms with Gasteiger partial charge < -0.3 is 14.7 Å². The van der Waals surface area contributed by atoms with Crippen LogP contribution in [0.5, 0.6) is 0 Å². The van der Waals surface area contributed by atoms with Gasteiger partial charge in [-0.3, -0.25) is 9.59 Å². The second-order valence-electron chi connectivity index (χ2n) is 10.5. The van der Waals surface area contributed by atoms with E-state index in [0.29, 0.717) is 24.1 Å². The summed E-state index contributed by atoms with van der Waals surface area (Å²) in [6.07, 6.45) is 6.07. The minimum Gasteiger partial charge on any atom is -0.342 e. The zero-order chi connectivity index (χ0) is 23.7. The molecular weight excluding hydrogens is 442 g/mol. The standard InChI is InChI=1S/C28H37N3O2S/c1-20(2)19-31-26(24-11-8-18-34-24)25(22-9-4-5-10-23(22)27(31)32)28(33)30-16-12-21(13-17-30)29-14-6-3-7-15-29/h4-5,8-11,18,20-21,25-26H,3,6-7,12-17,19H2,1-2H3/t25-,26-/m0/s1. The highest BCUT2D eigenvalue weighted by Crippen LogP contribution is 2.45. The molecule has 5 rings (SSSR count). The molecule has 34 heavy (non-hydrogen) atoms. The van der Waals surface area contributed by atoms with Gasteiger partial charge >= 0.3 is 0 Å². The molecule has 6 heteroatoms. The zero-order valence-corrected chi connectivity index (χ0v) is 21.3. The second-order valence-corrected chi connectivity index (χ2v) is 11.5. The number of rotatable bonds is 5. The van der Waals surface area contributed by atoms with Crippen molar-refractivity contribution < 1.29 is 9.59 Å². The lowest BCUT2D eigenvalue weighted by Gasteiger charge is -2.45. The first-order valence-corrected chi connectivity index (χ1v) is 13.9. The summed E-state index contributed by atoms with van der Waals surface area (Å²) in [5.41, 5.74) is 1.59. The molecule has 2 aromatic rings. The normalized spacial score (nSPS) is 24.5. The number of amides is 2. The Balaban J connectivity index is 1.44. The Bertz CT molecular complexity index is 991. The van der Waals surface area contributed by atoms with E-state index in [1.54, 1.807) is 11.3 Å². The largest absolute Gasteiger partial charge is 0.342 e. The molecule has 0 radical (unpaired) electrons. The SMILES string of the molecule is CC(C)CN1C(=O)c2ccccc2[C@H](C(=O)N2CCC(N3CCCCC3)CC2)[C@@H]1c1cccs1. The van der Waals surface area contributed by atoms with E-state index in [1.807, 2.05) is 35.2 Å². The molecule has 3 aliphatic heterocycles. The molecule has 0 N–H and O–H groups in total. The van der Waals surface area contributed by atoms with Crippen LogP contribution in [0.4, 0.5) is 0 Å². The van der Waals surface area contributed by atoms with Crippen molar-refractivity contribution in [2.45, 2.75) is 64.0 Å². The minimum absolute atomic E-state index is 0.0514. The van der Waals surface area contributed by atoms with Gasteiger partial charge in [-0.1, -0.05) is 44.5 Å². The fraction of sp³-hybridized carbons (Fsp3) is 0.571. The number of carbonyl (C=O) groups excluding carboxylic acids is 2. The number of fused-ring (bicyclic) bond motifs is 1. The lowest BCUT2D eigenvalue weighted by Crippen LogP contribution is -2.52. The van der Waals surface area contributed by atoms with Crippen molar-refractivity contribution in [2.24, 2.45) is 5.92 Å². The molecule has 1 aromatic carbocycles. The minimum atomic E-state index is -0.349. The van der Waals surface area contributed by atoms with Gasteiger partial charge in [-0.05, 0) is 67.8 Å². The van der Waals surface area contributed by atoms with Crippen molar-refractivity contribution in [3.8, 4) is 0 Å². The summed E-state index contributed by atoms with van der Waals surface area (Å²) in [5, 5.41) is 2.06. The van der Waals surface area contributed by atoms with Gasteiger partial charge in [0.05, 0.1) is 12.0 Å². The van der Waals surface area contributed by atoms with Crippen LogP contribution in [0.25, 0.3) is 0 Å². The Labute approximate surface area is 207 Å². The van der Waals surface area contributed by atoms with Gasteiger partial charge in [0.15, 0.2) is 0 Å². The van der Waals surface area contributed by atoms with E-state index in [2.05, 4.69) is 35.1 Å². The van der Waals surface area contributed by atoms with Crippen LogP contribution >= 0.6 is 11.3 Å². The molecule has 0 aliphatic carbocycles. The maximum absolute atomic E-state index is 14.2. The summed E-state index contributed by atoms with van der Waals surface area (Å²) in [4.78, 5) is 35.7. The molecule has 5 nitrogen and oxygen atoms in total. The molecule has 2 fully saturated rings. The van der Waals surface area contributed by atoms with Gasteiger partial charge in [-0.2, -0.15) is 0 Å². The van der Waals surface area contributed by atoms with Crippen LogP contribution < -0.4 is 0 Å². The third-order valence-corrected chi connectivity index (χ3v) is 8.73. The highest BCUT2D eigenvalue weighted by Gasteiger charge is 2.46. The summed E-state index contributed by atoms with van der Waals surface area (Å²) in [6.45, 7) is 8.98. The van der Waals surface area contributed by atoms with Gasteiger partial charge in [0.2, 0.25) is 5.91 Å². The number of hydrogen-bond acceptors (Lipinski definition) is 4. The Morgan fingerprint density at radius 1 is 1.00 bits per heavy atom. The third kappa shape index (κ3) is 4.55. The lowest BCUT2D eigenvalue weighted by molar-refractivity contribution is -0.136. The van der Waals surface area contributed by atoms with E-state index >= 15 is 0 Å². The second kappa shape index (κ2) is 10.2. The van der Waals surface area contributed by atoms with Crippen molar-refractivity contribution in [3.63, 3.8) is 0 Å². The van der Waals surface area contributed by atoms with Crippen molar-refractivity contribution in [3.05, 3.63) is 57.8 Å².